The molecule has 1 unspecified atom stereocenters. The molecule has 0 aromatic heterocycles. The number of hydrogen-bond donors (Lipinski definition) is 0. The average molecular weight is 321 g/mol. The van der Waals surface area contributed by atoms with Crippen LogP contribution in [0.25, 0.3) is 4.91 Å². The Balaban J connectivity index is 2.12. The molecule has 0 N–H and O–H groups in total. The molecule has 0 fully saturated rings. The molecule has 118 valence electrons. The highest BCUT2D eigenvalue weighted by atomic mass is 32.2. The first-order valence-electron chi connectivity index (χ1n) is 8.18. The van der Waals surface area contributed by atoms with Gasteiger partial charge in [0.05, 0.1) is 0 Å². The third-order valence-electron chi connectivity index (χ3n) is 4.29. The Morgan fingerprint density at radius 2 is 1.39 bits per heavy atom. The van der Waals surface area contributed by atoms with Gasteiger partial charge in [-0.2, -0.15) is 0 Å². The van der Waals surface area contributed by atoms with E-state index in [1.807, 2.05) is 11.8 Å². The molecule has 1 heteroatoms. The quantitative estimate of drug-likeness (QED) is 0.581. The molecule has 0 saturated carbocycles. The van der Waals surface area contributed by atoms with Crippen LogP contribution in [0.3, 0.4) is 0 Å². The highest BCUT2D eigenvalue weighted by Crippen LogP contribution is 2.51. The fourth-order valence-electron chi connectivity index (χ4n) is 2.93. The normalized spacial score (nSPS) is 18.8. The summed E-state index contributed by atoms with van der Waals surface area (Å²) in [6, 6.07) is 21.6. The average Bonchev–Trinajstić information content (AvgIpc) is 2.55. The fourth-order valence-corrected chi connectivity index (χ4v) is 4.20. The van der Waals surface area contributed by atoms with Crippen molar-refractivity contribution in [2.75, 3.05) is 0 Å². The van der Waals surface area contributed by atoms with Crippen LogP contribution in [-0.2, 0) is 0 Å². The van der Waals surface area contributed by atoms with Crippen LogP contribution in [0.1, 0.15) is 44.7 Å². The molecular weight excluding hydrogens is 296 g/mol. The Hall–Kier alpha value is -1.73. The van der Waals surface area contributed by atoms with Crippen molar-refractivity contribution in [2.24, 2.45) is 5.41 Å². The third kappa shape index (κ3) is 3.45. The number of benzene rings is 2. The standard InChI is InChI=1S/C22H24S/c1-16-19(17-11-7-5-8-12-17)15-20(22(2,3)4)23-21(16)18-13-9-6-10-14-18/h5-15,19H,1-4H3. The van der Waals surface area contributed by atoms with Gasteiger partial charge in [0.25, 0.3) is 0 Å². The van der Waals surface area contributed by atoms with Crippen molar-refractivity contribution in [3.05, 3.63) is 88.3 Å². The summed E-state index contributed by atoms with van der Waals surface area (Å²) < 4.78 is 0. The molecule has 23 heavy (non-hydrogen) atoms. The van der Waals surface area contributed by atoms with E-state index in [1.165, 1.54) is 26.5 Å². The van der Waals surface area contributed by atoms with Gasteiger partial charge in [-0.15, -0.1) is 0 Å². The SMILES string of the molecule is CC1=C(c2ccccc2)SC(C(C)(C)C)=CC1c1ccccc1. The summed E-state index contributed by atoms with van der Waals surface area (Å²) >= 11 is 1.94. The molecule has 1 aliphatic heterocycles. The van der Waals surface area contributed by atoms with Gasteiger partial charge in [0.1, 0.15) is 0 Å². The fraction of sp³-hybridized carbons (Fsp3) is 0.273. The predicted molar refractivity (Wildman–Crippen MR) is 103 cm³/mol. The van der Waals surface area contributed by atoms with Gasteiger partial charge in [-0.3, -0.25) is 0 Å². The lowest BCUT2D eigenvalue weighted by Crippen LogP contribution is -2.13. The van der Waals surface area contributed by atoms with E-state index in [-0.39, 0.29) is 5.41 Å². The highest BCUT2D eigenvalue weighted by Gasteiger charge is 2.28. The topological polar surface area (TPSA) is 0 Å². The van der Waals surface area contributed by atoms with Gasteiger partial charge in [-0.05, 0) is 33.9 Å². The van der Waals surface area contributed by atoms with Crippen molar-refractivity contribution >= 4 is 16.7 Å². The third-order valence-corrected chi connectivity index (χ3v) is 6.02. The van der Waals surface area contributed by atoms with Gasteiger partial charge in [-0.1, -0.05) is 99.3 Å². The van der Waals surface area contributed by atoms with E-state index in [0.717, 1.165) is 0 Å². The van der Waals surface area contributed by atoms with Crippen molar-refractivity contribution in [3.63, 3.8) is 0 Å². The zero-order chi connectivity index (χ0) is 16.4. The lowest BCUT2D eigenvalue weighted by atomic mass is 9.86. The van der Waals surface area contributed by atoms with Gasteiger partial charge in [0.2, 0.25) is 0 Å². The Kier molecular flexibility index (Phi) is 4.50. The summed E-state index contributed by atoms with van der Waals surface area (Å²) in [6.45, 7) is 9.19. The van der Waals surface area contributed by atoms with Crippen molar-refractivity contribution in [2.45, 2.75) is 33.6 Å². The lowest BCUT2D eigenvalue weighted by molar-refractivity contribution is 0.530. The van der Waals surface area contributed by atoms with Crippen LogP contribution in [0, 0.1) is 5.41 Å². The van der Waals surface area contributed by atoms with Crippen LogP contribution >= 0.6 is 11.8 Å². The van der Waals surface area contributed by atoms with E-state index < -0.39 is 0 Å². The predicted octanol–water partition coefficient (Wildman–Crippen LogP) is 6.88. The molecule has 0 spiro atoms. The largest absolute Gasteiger partial charge is 0.0937 e. The molecule has 0 aliphatic carbocycles. The Morgan fingerprint density at radius 3 is 1.96 bits per heavy atom. The molecule has 1 heterocycles. The van der Waals surface area contributed by atoms with E-state index in [2.05, 4.69) is 94.4 Å². The molecule has 0 nitrogen and oxygen atoms in total. The van der Waals surface area contributed by atoms with Crippen molar-refractivity contribution in [1.29, 1.82) is 0 Å². The van der Waals surface area contributed by atoms with Gasteiger partial charge < -0.3 is 0 Å². The lowest BCUT2D eigenvalue weighted by Gasteiger charge is -2.32. The maximum atomic E-state index is 2.46. The second kappa shape index (κ2) is 6.41. The van der Waals surface area contributed by atoms with Gasteiger partial charge in [0.15, 0.2) is 0 Å². The molecule has 3 rings (SSSR count). The van der Waals surface area contributed by atoms with E-state index >= 15 is 0 Å². The van der Waals surface area contributed by atoms with E-state index in [9.17, 15) is 0 Å². The van der Waals surface area contributed by atoms with Crippen molar-refractivity contribution < 1.29 is 0 Å². The van der Waals surface area contributed by atoms with Crippen LogP contribution in [0.4, 0.5) is 0 Å². The first-order chi connectivity index (χ1) is 11.0. The van der Waals surface area contributed by atoms with E-state index in [0.29, 0.717) is 5.92 Å². The zero-order valence-corrected chi connectivity index (χ0v) is 15.2. The van der Waals surface area contributed by atoms with Gasteiger partial charge in [-0.25, -0.2) is 0 Å². The van der Waals surface area contributed by atoms with Crippen LogP contribution < -0.4 is 0 Å². The van der Waals surface area contributed by atoms with Crippen LogP contribution in [0.2, 0.25) is 0 Å². The highest BCUT2D eigenvalue weighted by molar-refractivity contribution is 8.11. The molecule has 1 atom stereocenters. The minimum Gasteiger partial charge on any atom is -0.0937 e. The van der Waals surface area contributed by atoms with Crippen LogP contribution in [-0.4, -0.2) is 0 Å². The molecular formula is C22H24S. The maximum absolute atomic E-state index is 2.46. The molecule has 0 amide bonds. The van der Waals surface area contributed by atoms with Crippen LogP contribution in [0.15, 0.2) is 77.2 Å². The summed E-state index contributed by atoms with van der Waals surface area (Å²) in [4.78, 5) is 2.86. The second-order valence-electron chi connectivity index (χ2n) is 7.15. The zero-order valence-electron chi connectivity index (χ0n) is 14.3. The van der Waals surface area contributed by atoms with E-state index in [4.69, 9.17) is 0 Å². The summed E-state index contributed by atoms with van der Waals surface area (Å²) in [6.07, 6.45) is 2.46. The number of thioether (sulfide) groups is 1. The minimum atomic E-state index is 0.165. The molecule has 2 aromatic carbocycles. The van der Waals surface area contributed by atoms with Crippen LogP contribution in [0.5, 0.6) is 0 Å². The molecule has 0 saturated heterocycles. The maximum Gasteiger partial charge on any atom is 0.0250 e. The molecule has 1 aliphatic rings. The Bertz CT molecular complexity index is 731. The second-order valence-corrected chi connectivity index (χ2v) is 8.20. The first kappa shape index (κ1) is 16.1. The summed E-state index contributed by atoms with van der Waals surface area (Å²) in [5.41, 5.74) is 4.31. The summed E-state index contributed by atoms with van der Waals surface area (Å²) in [7, 11) is 0. The Labute approximate surface area is 144 Å². The van der Waals surface area contributed by atoms with Crippen molar-refractivity contribution in [1.82, 2.24) is 0 Å². The number of hydrogen-bond acceptors (Lipinski definition) is 1. The molecule has 2 aromatic rings. The van der Waals surface area contributed by atoms with Gasteiger partial charge >= 0.3 is 0 Å². The summed E-state index contributed by atoms with van der Waals surface area (Å²) in [5.74, 6) is 0.363. The molecule has 0 radical (unpaired) electrons. The monoisotopic (exact) mass is 320 g/mol. The minimum absolute atomic E-state index is 0.165. The first-order valence-corrected chi connectivity index (χ1v) is 9.00. The summed E-state index contributed by atoms with van der Waals surface area (Å²) in [5, 5.41) is 0. The number of rotatable bonds is 2. The Morgan fingerprint density at radius 1 is 0.826 bits per heavy atom. The number of allylic oxidation sites excluding steroid dienone is 3. The smallest absolute Gasteiger partial charge is 0.0250 e. The molecule has 0 bridgehead atoms. The van der Waals surface area contributed by atoms with E-state index in [1.54, 1.807) is 0 Å². The van der Waals surface area contributed by atoms with Crippen molar-refractivity contribution in [3.8, 4) is 0 Å². The van der Waals surface area contributed by atoms with Gasteiger partial charge in [0, 0.05) is 10.8 Å².